The first-order valence-electron chi connectivity index (χ1n) is 7.37. The molecule has 0 bridgehead atoms. The molecule has 1 aromatic heterocycles. The van der Waals surface area contributed by atoms with E-state index in [-0.39, 0.29) is 0 Å². The predicted octanol–water partition coefficient (Wildman–Crippen LogP) is 3.52. The molecule has 0 saturated heterocycles. The van der Waals surface area contributed by atoms with Gasteiger partial charge in [-0.05, 0) is 26.2 Å². The summed E-state index contributed by atoms with van der Waals surface area (Å²) in [6.45, 7) is 9.93. The van der Waals surface area contributed by atoms with Crippen molar-refractivity contribution in [3.05, 3.63) is 11.4 Å². The third-order valence-corrected chi connectivity index (χ3v) is 3.44. The van der Waals surface area contributed by atoms with Crippen molar-refractivity contribution in [3.8, 4) is 5.88 Å². The third kappa shape index (κ3) is 3.82. The second kappa shape index (κ2) is 6.22. The Bertz CT molecular complexity index is 428. The molecule has 0 spiro atoms. The number of rotatable bonds is 7. The lowest BCUT2D eigenvalue weighted by Crippen LogP contribution is -2.10. The summed E-state index contributed by atoms with van der Waals surface area (Å²) < 4.78 is 5.87. The van der Waals surface area contributed by atoms with Crippen LogP contribution in [-0.4, -0.2) is 23.1 Å². The normalized spacial score (nSPS) is 14.8. The first kappa shape index (κ1) is 14.1. The molecule has 0 unspecified atom stereocenters. The van der Waals surface area contributed by atoms with E-state index in [0.29, 0.717) is 5.92 Å². The van der Waals surface area contributed by atoms with Crippen molar-refractivity contribution < 1.29 is 4.74 Å². The summed E-state index contributed by atoms with van der Waals surface area (Å²) in [5.74, 6) is 3.70. The average molecular weight is 263 g/mol. The quantitative estimate of drug-likeness (QED) is 0.817. The number of aromatic nitrogens is 2. The van der Waals surface area contributed by atoms with Crippen LogP contribution in [0.25, 0.3) is 0 Å². The molecular formula is C15H25N3O. The van der Waals surface area contributed by atoms with Gasteiger partial charge in [-0.25, -0.2) is 4.98 Å². The van der Waals surface area contributed by atoms with Gasteiger partial charge in [0.2, 0.25) is 5.88 Å². The van der Waals surface area contributed by atoms with Crippen molar-refractivity contribution in [2.45, 2.75) is 52.9 Å². The zero-order valence-electron chi connectivity index (χ0n) is 12.5. The molecule has 0 aliphatic heterocycles. The smallest absolute Gasteiger partial charge is 0.221 e. The summed E-state index contributed by atoms with van der Waals surface area (Å²) in [5.41, 5.74) is 1.02. The summed E-state index contributed by atoms with van der Waals surface area (Å²) in [7, 11) is 0. The second-order valence-electron chi connectivity index (χ2n) is 5.63. The highest BCUT2D eigenvalue weighted by Crippen LogP contribution is 2.32. The Labute approximate surface area is 116 Å². The summed E-state index contributed by atoms with van der Waals surface area (Å²) >= 11 is 0. The summed E-state index contributed by atoms with van der Waals surface area (Å²) in [6.07, 6.45) is 3.88. The van der Waals surface area contributed by atoms with Crippen molar-refractivity contribution in [1.29, 1.82) is 0 Å². The summed E-state index contributed by atoms with van der Waals surface area (Å²) in [5, 5.41) is 3.29. The number of nitrogens with zero attached hydrogens (tertiary/aromatic N) is 2. The minimum Gasteiger partial charge on any atom is -0.477 e. The second-order valence-corrected chi connectivity index (χ2v) is 5.63. The van der Waals surface area contributed by atoms with E-state index in [1.807, 2.05) is 6.92 Å². The first-order chi connectivity index (χ1) is 9.11. The molecular weight excluding hydrogens is 238 g/mol. The average Bonchev–Trinajstić information content (AvgIpc) is 3.17. The Kier molecular flexibility index (Phi) is 4.61. The van der Waals surface area contributed by atoms with Gasteiger partial charge in [0, 0.05) is 12.5 Å². The van der Waals surface area contributed by atoms with Crippen LogP contribution in [0, 0.1) is 12.8 Å². The van der Waals surface area contributed by atoms with Gasteiger partial charge in [-0.15, -0.1) is 0 Å². The van der Waals surface area contributed by atoms with Crippen molar-refractivity contribution >= 4 is 5.82 Å². The largest absolute Gasteiger partial charge is 0.477 e. The van der Waals surface area contributed by atoms with E-state index in [0.717, 1.165) is 48.6 Å². The lowest BCUT2D eigenvalue weighted by Gasteiger charge is -2.15. The topological polar surface area (TPSA) is 47.0 Å². The Morgan fingerprint density at radius 3 is 2.63 bits per heavy atom. The van der Waals surface area contributed by atoms with Crippen LogP contribution in [0.15, 0.2) is 0 Å². The van der Waals surface area contributed by atoms with Crippen molar-refractivity contribution in [1.82, 2.24) is 9.97 Å². The van der Waals surface area contributed by atoms with E-state index in [1.165, 1.54) is 12.8 Å². The number of nitrogens with one attached hydrogen (secondary N) is 1. The number of hydrogen-bond acceptors (Lipinski definition) is 4. The lowest BCUT2D eigenvalue weighted by molar-refractivity contribution is 0.287. The van der Waals surface area contributed by atoms with Crippen molar-refractivity contribution in [2.24, 2.45) is 5.92 Å². The molecule has 1 aliphatic carbocycles. The highest BCUT2D eigenvalue weighted by Gasteiger charge is 2.21. The van der Waals surface area contributed by atoms with Crippen LogP contribution in [-0.2, 0) is 0 Å². The fourth-order valence-corrected chi connectivity index (χ4v) is 1.98. The number of anilines is 1. The molecule has 1 N–H and O–H groups in total. The number of hydrogen-bond donors (Lipinski definition) is 1. The van der Waals surface area contributed by atoms with Crippen LogP contribution in [0.4, 0.5) is 5.82 Å². The third-order valence-electron chi connectivity index (χ3n) is 3.44. The van der Waals surface area contributed by atoms with Crippen LogP contribution in [0.5, 0.6) is 5.88 Å². The van der Waals surface area contributed by atoms with Crippen molar-refractivity contribution in [3.63, 3.8) is 0 Å². The molecule has 1 aliphatic rings. The summed E-state index contributed by atoms with van der Waals surface area (Å²) in [4.78, 5) is 9.13. The highest BCUT2D eigenvalue weighted by atomic mass is 16.5. The predicted molar refractivity (Wildman–Crippen MR) is 77.9 cm³/mol. The van der Waals surface area contributed by atoms with Gasteiger partial charge in [-0.1, -0.05) is 26.7 Å². The maximum Gasteiger partial charge on any atom is 0.221 e. The van der Waals surface area contributed by atoms with E-state index >= 15 is 0 Å². The van der Waals surface area contributed by atoms with E-state index in [9.17, 15) is 0 Å². The molecule has 1 fully saturated rings. The fraction of sp³-hybridized carbons (Fsp3) is 0.733. The molecule has 1 aromatic rings. The highest BCUT2D eigenvalue weighted by molar-refractivity contribution is 5.48. The van der Waals surface area contributed by atoms with Crippen LogP contribution >= 0.6 is 0 Å². The molecule has 0 aromatic carbocycles. The number of ether oxygens (including phenoxy) is 1. The minimum absolute atomic E-state index is 0.309. The van der Waals surface area contributed by atoms with Crippen LogP contribution < -0.4 is 10.1 Å². The molecule has 19 heavy (non-hydrogen) atoms. The van der Waals surface area contributed by atoms with Gasteiger partial charge in [-0.2, -0.15) is 4.98 Å². The van der Waals surface area contributed by atoms with Gasteiger partial charge in [0.15, 0.2) is 0 Å². The Balaban J connectivity index is 2.12. The molecule has 2 rings (SSSR count). The zero-order chi connectivity index (χ0) is 13.8. The maximum atomic E-state index is 5.87. The van der Waals surface area contributed by atoms with E-state index in [4.69, 9.17) is 4.74 Å². The van der Waals surface area contributed by atoms with Gasteiger partial charge < -0.3 is 10.1 Å². The van der Waals surface area contributed by atoms with Gasteiger partial charge in [0.1, 0.15) is 11.6 Å². The van der Waals surface area contributed by atoms with E-state index < -0.39 is 0 Å². The van der Waals surface area contributed by atoms with Gasteiger partial charge >= 0.3 is 0 Å². The molecule has 0 atom stereocenters. The monoisotopic (exact) mass is 263 g/mol. The Morgan fingerprint density at radius 1 is 1.32 bits per heavy atom. The molecule has 0 amide bonds. The minimum atomic E-state index is 0.309. The molecule has 1 saturated carbocycles. The Hall–Kier alpha value is -1.32. The fourth-order valence-electron chi connectivity index (χ4n) is 1.98. The van der Waals surface area contributed by atoms with Gasteiger partial charge in [0.05, 0.1) is 12.2 Å². The standard InChI is InChI=1S/C15H25N3O/c1-5-16-14-11(4)15(18-13(17-14)10(2)3)19-9-8-12-6-7-12/h10,12H,5-9H2,1-4H3,(H,16,17,18). The SMILES string of the molecule is CCNc1nc(C(C)C)nc(OCCC2CC2)c1C. The zero-order valence-corrected chi connectivity index (χ0v) is 12.5. The molecule has 106 valence electrons. The van der Waals surface area contributed by atoms with Crippen molar-refractivity contribution in [2.75, 3.05) is 18.5 Å². The molecule has 4 heteroatoms. The molecule has 1 heterocycles. The van der Waals surface area contributed by atoms with E-state index in [1.54, 1.807) is 0 Å². The molecule has 0 radical (unpaired) electrons. The van der Waals surface area contributed by atoms with Crippen LogP contribution in [0.3, 0.4) is 0 Å². The van der Waals surface area contributed by atoms with Crippen LogP contribution in [0.1, 0.15) is 57.3 Å². The van der Waals surface area contributed by atoms with Gasteiger partial charge in [0.25, 0.3) is 0 Å². The Morgan fingerprint density at radius 2 is 2.05 bits per heavy atom. The first-order valence-corrected chi connectivity index (χ1v) is 7.37. The maximum absolute atomic E-state index is 5.87. The summed E-state index contributed by atoms with van der Waals surface area (Å²) in [6, 6.07) is 0. The van der Waals surface area contributed by atoms with Gasteiger partial charge in [-0.3, -0.25) is 0 Å². The lowest BCUT2D eigenvalue weighted by atomic mass is 10.2. The molecule has 4 nitrogen and oxygen atoms in total. The van der Waals surface area contributed by atoms with Crippen LogP contribution in [0.2, 0.25) is 0 Å². The van der Waals surface area contributed by atoms with E-state index in [2.05, 4.69) is 36.1 Å².